The molecule has 24 heavy (non-hydrogen) atoms. The lowest BCUT2D eigenvalue weighted by Gasteiger charge is -2.18. The van der Waals surface area contributed by atoms with Gasteiger partial charge in [-0.1, -0.05) is 12.1 Å². The van der Waals surface area contributed by atoms with Gasteiger partial charge in [0.2, 0.25) is 5.91 Å². The van der Waals surface area contributed by atoms with Gasteiger partial charge in [-0.05, 0) is 49.7 Å². The molecular formula is C19H22N4O. The number of imidazole rings is 1. The van der Waals surface area contributed by atoms with Gasteiger partial charge in [0.15, 0.2) is 0 Å². The summed E-state index contributed by atoms with van der Waals surface area (Å²) in [5.74, 6) is -0.0566. The summed E-state index contributed by atoms with van der Waals surface area (Å²) in [7, 11) is 4.00. The van der Waals surface area contributed by atoms with E-state index in [9.17, 15) is 4.79 Å². The van der Waals surface area contributed by atoms with Gasteiger partial charge in [0.25, 0.3) is 0 Å². The van der Waals surface area contributed by atoms with E-state index in [-0.39, 0.29) is 11.9 Å². The highest BCUT2D eigenvalue weighted by Crippen LogP contribution is 2.23. The Balaban J connectivity index is 1.82. The second-order valence-electron chi connectivity index (χ2n) is 6.20. The first-order valence-corrected chi connectivity index (χ1v) is 7.98. The van der Waals surface area contributed by atoms with Crippen molar-refractivity contribution in [1.29, 1.82) is 0 Å². The maximum Gasteiger partial charge on any atom is 0.247 e. The van der Waals surface area contributed by atoms with Crippen LogP contribution >= 0.6 is 0 Å². The number of carbonyl (C=O) groups excluding carboxylic acids is 1. The van der Waals surface area contributed by atoms with Crippen LogP contribution in [0.15, 0.2) is 48.8 Å². The smallest absolute Gasteiger partial charge is 0.247 e. The van der Waals surface area contributed by atoms with Crippen LogP contribution < -0.4 is 10.2 Å². The van der Waals surface area contributed by atoms with Crippen molar-refractivity contribution >= 4 is 28.3 Å². The molecule has 0 radical (unpaired) electrons. The average molecular weight is 322 g/mol. The largest absolute Gasteiger partial charge is 0.378 e. The van der Waals surface area contributed by atoms with Crippen LogP contribution in [-0.4, -0.2) is 29.6 Å². The number of aryl methyl sites for hydroxylation is 1. The van der Waals surface area contributed by atoms with Crippen molar-refractivity contribution in [3.05, 3.63) is 54.4 Å². The topological polar surface area (TPSA) is 50.2 Å². The first-order chi connectivity index (χ1) is 11.5. The quantitative estimate of drug-likeness (QED) is 0.798. The number of amides is 1. The van der Waals surface area contributed by atoms with E-state index >= 15 is 0 Å². The van der Waals surface area contributed by atoms with Gasteiger partial charge >= 0.3 is 0 Å². The predicted octanol–water partition coefficient (Wildman–Crippen LogP) is 3.61. The lowest BCUT2D eigenvalue weighted by atomic mass is 10.1. The fourth-order valence-corrected chi connectivity index (χ4v) is 2.72. The Morgan fingerprint density at radius 1 is 1.21 bits per heavy atom. The molecule has 0 saturated heterocycles. The molecule has 0 aliphatic carbocycles. The number of carbonyl (C=O) groups is 1. The summed E-state index contributed by atoms with van der Waals surface area (Å²) in [4.78, 5) is 19.1. The van der Waals surface area contributed by atoms with E-state index < -0.39 is 0 Å². The highest BCUT2D eigenvalue weighted by atomic mass is 16.2. The number of nitrogens with zero attached hydrogens (tertiary/aromatic N) is 3. The van der Waals surface area contributed by atoms with Crippen molar-refractivity contribution in [2.75, 3.05) is 24.3 Å². The summed E-state index contributed by atoms with van der Waals surface area (Å²) in [6.45, 7) is 3.88. The van der Waals surface area contributed by atoms with Crippen LogP contribution in [0.2, 0.25) is 0 Å². The van der Waals surface area contributed by atoms with Crippen LogP contribution in [0.5, 0.6) is 0 Å². The van der Waals surface area contributed by atoms with E-state index in [1.807, 2.05) is 73.8 Å². The Labute approximate surface area is 141 Å². The molecule has 5 heteroatoms. The number of hydrogen-bond donors (Lipinski definition) is 1. The van der Waals surface area contributed by atoms with Crippen LogP contribution in [0.1, 0.15) is 18.5 Å². The molecule has 0 aliphatic heterocycles. The zero-order chi connectivity index (χ0) is 17.3. The second kappa shape index (κ2) is 6.35. The maximum atomic E-state index is 12.7. The summed E-state index contributed by atoms with van der Waals surface area (Å²) in [5.41, 5.74) is 4.83. The highest BCUT2D eigenvalue weighted by Gasteiger charge is 2.18. The average Bonchev–Trinajstić information content (AvgIpc) is 2.99. The van der Waals surface area contributed by atoms with Crippen molar-refractivity contribution < 1.29 is 4.79 Å². The van der Waals surface area contributed by atoms with Gasteiger partial charge in [-0.15, -0.1) is 0 Å². The van der Waals surface area contributed by atoms with E-state index in [2.05, 4.69) is 16.4 Å². The van der Waals surface area contributed by atoms with Crippen molar-refractivity contribution in [3.8, 4) is 0 Å². The predicted molar refractivity (Wildman–Crippen MR) is 98.6 cm³/mol. The van der Waals surface area contributed by atoms with Crippen molar-refractivity contribution in [2.45, 2.75) is 19.9 Å². The molecule has 0 spiro atoms. The molecule has 1 heterocycles. The van der Waals surface area contributed by atoms with E-state index in [0.29, 0.717) is 0 Å². The normalized spacial score (nSPS) is 12.2. The minimum Gasteiger partial charge on any atom is -0.378 e. The van der Waals surface area contributed by atoms with Crippen molar-refractivity contribution in [3.63, 3.8) is 0 Å². The lowest BCUT2D eigenvalue weighted by molar-refractivity contribution is -0.118. The van der Waals surface area contributed by atoms with Crippen molar-refractivity contribution in [2.24, 2.45) is 0 Å². The highest BCUT2D eigenvalue weighted by molar-refractivity contribution is 5.95. The van der Waals surface area contributed by atoms with Crippen LogP contribution in [-0.2, 0) is 4.79 Å². The van der Waals surface area contributed by atoms with Gasteiger partial charge in [-0.2, -0.15) is 0 Å². The van der Waals surface area contributed by atoms with Gasteiger partial charge in [-0.25, -0.2) is 4.98 Å². The Kier molecular flexibility index (Phi) is 4.25. The summed E-state index contributed by atoms with van der Waals surface area (Å²) >= 11 is 0. The molecule has 1 aromatic heterocycles. The number of nitrogens with one attached hydrogen (secondary N) is 1. The minimum atomic E-state index is -0.342. The molecule has 0 aliphatic rings. The first kappa shape index (κ1) is 16.1. The molecule has 1 amide bonds. The Morgan fingerprint density at radius 3 is 2.67 bits per heavy atom. The Morgan fingerprint density at radius 2 is 1.96 bits per heavy atom. The van der Waals surface area contributed by atoms with Crippen LogP contribution in [0.3, 0.4) is 0 Å². The third kappa shape index (κ3) is 2.97. The zero-order valence-electron chi connectivity index (χ0n) is 14.4. The van der Waals surface area contributed by atoms with Gasteiger partial charge in [-0.3, -0.25) is 4.79 Å². The van der Waals surface area contributed by atoms with Crippen molar-refractivity contribution in [1.82, 2.24) is 9.55 Å². The first-order valence-electron chi connectivity index (χ1n) is 7.98. The van der Waals surface area contributed by atoms with E-state index in [1.165, 1.54) is 0 Å². The van der Waals surface area contributed by atoms with Gasteiger partial charge in [0.05, 0.1) is 17.4 Å². The summed E-state index contributed by atoms with van der Waals surface area (Å²) < 4.78 is 1.90. The molecule has 3 aromatic rings. The number of aromatic nitrogens is 2. The van der Waals surface area contributed by atoms with Crippen LogP contribution in [0.25, 0.3) is 11.0 Å². The van der Waals surface area contributed by atoms with Gasteiger partial charge < -0.3 is 14.8 Å². The second-order valence-corrected chi connectivity index (χ2v) is 6.20. The molecule has 2 aromatic carbocycles. The Bertz CT molecular complexity index is 882. The molecule has 0 saturated carbocycles. The summed E-state index contributed by atoms with van der Waals surface area (Å²) in [5, 5.41) is 3.02. The zero-order valence-corrected chi connectivity index (χ0v) is 14.4. The lowest BCUT2D eigenvalue weighted by Crippen LogP contribution is -2.23. The fraction of sp³-hybridized carbons (Fsp3) is 0.263. The monoisotopic (exact) mass is 322 g/mol. The third-order valence-electron chi connectivity index (χ3n) is 4.26. The minimum absolute atomic E-state index is 0.0566. The number of rotatable bonds is 4. The van der Waals surface area contributed by atoms with Crippen LogP contribution in [0, 0.1) is 6.92 Å². The molecule has 5 nitrogen and oxygen atoms in total. The summed E-state index contributed by atoms with van der Waals surface area (Å²) in [6, 6.07) is 13.5. The fourth-order valence-electron chi connectivity index (χ4n) is 2.72. The molecule has 0 unspecified atom stereocenters. The molecule has 3 rings (SSSR count). The SMILES string of the molecule is Cc1cc(N(C)C)ccc1NC(=O)[C@H](C)n1cnc2ccccc21. The number of hydrogen-bond acceptors (Lipinski definition) is 3. The van der Waals surface area contributed by atoms with E-state index in [1.54, 1.807) is 6.33 Å². The maximum absolute atomic E-state index is 12.7. The third-order valence-corrected chi connectivity index (χ3v) is 4.26. The standard InChI is InChI=1S/C19H22N4O/c1-13-11-15(22(3)4)9-10-16(13)21-19(24)14(2)23-12-20-17-7-5-6-8-18(17)23/h5-12,14H,1-4H3,(H,21,24)/t14-/m0/s1. The van der Waals surface area contributed by atoms with E-state index in [4.69, 9.17) is 0 Å². The summed E-state index contributed by atoms with van der Waals surface area (Å²) in [6.07, 6.45) is 1.72. The molecule has 1 atom stereocenters. The number of benzene rings is 2. The van der Waals surface area contributed by atoms with Gasteiger partial charge in [0.1, 0.15) is 6.04 Å². The Hall–Kier alpha value is -2.82. The number of fused-ring (bicyclic) bond motifs is 1. The molecular weight excluding hydrogens is 300 g/mol. The van der Waals surface area contributed by atoms with E-state index in [0.717, 1.165) is 28.0 Å². The molecule has 0 fully saturated rings. The van der Waals surface area contributed by atoms with Gasteiger partial charge in [0, 0.05) is 25.5 Å². The molecule has 124 valence electrons. The molecule has 1 N–H and O–H groups in total. The molecule has 0 bridgehead atoms. The van der Waals surface area contributed by atoms with Crippen LogP contribution in [0.4, 0.5) is 11.4 Å². The number of anilines is 2. The number of para-hydroxylation sites is 2.